The molecule has 0 unspecified atom stereocenters. The van der Waals surface area contributed by atoms with Crippen molar-refractivity contribution in [1.29, 1.82) is 0 Å². The maximum Gasteiger partial charge on any atom is 0.295 e. The van der Waals surface area contributed by atoms with E-state index in [-0.39, 0.29) is 32.0 Å². The van der Waals surface area contributed by atoms with Gasteiger partial charge in [-0.15, -0.1) is 0 Å². The van der Waals surface area contributed by atoms with E-state index in [9.17, 15) is 17.8 Å². The van der Waals surface area contributed by atoms with E-state index in [1.54, 1.807) is 44.2 Å². The molecule has 27 heavy (non-hydrogen) atoms. The summed E-state index contributed by atoms with van der Waals surface area (Å²) >= 11 is 12.2. The molecule has 140 valence electrons. The van der Waals surface area contributed by atoms with Crippen molar-refractivity contribution in [3.63, 3.8) is 0 Å². The second-order valence-electron chi connectivity index (χ2n) is 5.91. The first-order chi connectivity index (χ1) is 12.6. The van der Waals surface area contributed by atoms with Crippen molar-refractivity contribution in [2.24, 2.45) is 0 Å². The number of hydrogen-bond acceptors (Lipinski definition) is 4. The lowest BCUT2D eigenvalue weighted by Gasteiger charge is -2.14. The molecule has 1 N–H and O–H groups in total. The van der Waals surface area contributed by atoms with E-state index in [4.69, 9.17) is 23.2 Å². The Morgan fingerprint density at radius 2 is 1.78 bits per heavy atom. The van der Waals surface area contributed by atoms with Gasteiger partial charge in [-0.2, -0.15) is 8.42 Å². The average molecular weight is 425 g/mol. The number of rotatable bonds is 3. The quantitative estimate of drug-likeness (QED) is 0.639. The lowest BCUT2D eigenvalue weighted by atomic mass is 10.1. The van der Waals surface area contributed by atoms with E-state index in [1.807, 2.05) is 0 Å². The lowest BCUT2D eigenvalue weighted by molar-refractivity contribution is 0.483. The van der Waals surface area contributed by atoms with Crippen LogP contribution in [-0.4, -0.2) is 22.5 Å². The van der Waals surface area contributed by atoms with Gasteiger partial charge in [-0.3, -0.25) is 13.9 Å². The Labute approximate surface area is 165 Å². The van der Waals surface area contributed by atoms with Crippen LogP contribution in [0.5, 0.6) is 0 Å². The summed E-state index contributed by atoms with van der Waals surface area (Å²) in [5.41, 5.74) is 0.915. The normalized spacial score (nSPS) is 11.6. The highest BCUT2D eigenvalue weighted by molar-refractivity contribution is 7.86. The molecule has 0 aliphatic rings. The highest BCUT2D eigenvalue weighted by atomic mass is 35.5. The van der Waals surface area contributed by atoms with Gasteiger partial charge in [0.05, 0.1) is 21.4 Å². The molecule has 0 saturated carbocycles. The number of nitrogens with zero attached hydrogens (tertiary/aromatic N) is 2. The molecule has 0 bridgehead atoms. The molecule has 0 atom stereocenters. The molecule has 0 aliphatic heterocycles. The fraction of sp³-hybridized carbons (Fsp3) is 0.111. The van der Waals surface area contributed by atoms with Gasteiger partial charge in [-0.25, -0.2) is 4.98 Å². The van der Waals surface area contributed by atoms with Crippen LogP contribution in [0.25, 0.3) is 16.9 Å². The van der Waals surface area contributed by atoms with Gasteiger partial charge in [0.25, 0.3) is 15.7 Å². The van der Waals surface area contributed by atoms with Gasteiger partial charge in [-0.05, 0) is 38.1 Å². The Bertz CT molecular complexity index is 1220. The Morgan fingerprint density at radius 1 is 1.07 bits per heavy atom. The number of aromatic nitrogens is 2. The third kappa shape index (κ3) is 3.77. The van der Waals surface area contributed by atoms with Crippen molar-refractivity contribution >= 4 is 33.3 Å². The predicted molar refractivity (Wildman–Crippen MR) is 105 cm³/mol. The smallest absolute Gasteiger partial charge is 0.282 e. The van der Waals surface area contributed by atoms with E-state index in [0.717, 1.165) is 5.56 Å². The molecule has 1 aromatic heterocycles. The van der Waals surface area contributed by atoms with E-state index in [1.165, 1.54) is 16.7 Å². The minimum Gasteiger partial charge on any atom is -0.282 e. The van der Waals surface area contributed by atoms with Crippen molar-refractivity contribution < 1.29 is 13.0 Å². The zero-order valence-corrected chi connectivity index (χ0v) is 16.6. The summed E-state index contributed by atoms with van der Waals surface area (Å²) in [6.45, 7) is 3.35. The van der Waals surface area contributed by atoms with Crippen LogP contribution in [0, 0.1) is 13.8 Å². The molecule has 0 fully saturated rings. The van der Waals surface area contributed by atoms with E-state index in [2.05, 4.69) is 4.98 Å². The van der Waals surface area contributed by atoms with Crippen molar-refractivity contribution in [1.82, 2.24) is 9.55 Å². The third-order valence-electron chi connectivity index (χ3n) is 3.95. The van der Waals surface area contributed by atoms with Crippen molar-refractivity contribution in [3.8, 4) is 16.9 Å². The number of aryl methyl sites for hydroxylation is 2. The van der Waals surface area contributed by atoms with Crippen LogP contribution in [0.3, 0.4) is 0 Å². The molecular formula is C18H14Cl2N2O4S. The molecule has 9 heteroatoms. The molecular weight excluding hydrogens is 411 g/mol. The summed E-state index contributed by atoms with van der Waals surface area (Å²) in [5.74, 6) is 0.282. The van der Waals surface area contributed by atoms with Crippen LogP contribution in [0.2, 0.25) is 10.0 Å². The first-order valence-corrected chi connectivity index (χ1v) is 9.93. The van der Waals surface area contributed by atoms with Crippen LogP contribution in [-0.2, 0) is 10.1 Å². The van der Waals surface area contributed by atoms with Gasteiger partial charge in [0.1, 0.15) is 10.7 Å². The zero-order chi connectivity index (χ0) is 19.9. The first-order valence-electron chi connectivity index (χ1n) is 7.73. The highest BCUT2D eigenvalue weighted by Gasteiger charge is 2.20. The molecule has 0 aliphatic carbocycles. The topological polar surface area (TPSA) is 89.3 Å². The molecule has 1 heterocycles. The first kappa shape index (κ1) is 19.6. The van der Waals surface area contributed by atoms with Gasteiger partial charge >= 0.3 is 0 Å². The SMILES string of the molecule is Cc1ccc(S(=O)(=O)O)c(-c2cc(=O)n(-c3cccc(Cl)c3Cl)c(C)n2)c1. The summed E-state index contributed by atoms with van der Waals surface area (Å²) in [7, 11) is -4.49. The molecule has 3 aromatic rings. The monoisotopic (exact) mass is 424 g/mol. The van der Waals surface area contributed by atoms with Gasteiger partial charge in [-0.1, -0.05) is 40.9 Å². The summed E-state index contributed by atoms with van der Waals surface area (Å²) in [5, 5.41) is 0.491. The number of halogens is 2. The van der Waals surface area contributed by atoms with Crippen molar-refractivity contribution in [2.45, 2.75) is 18.7 Å². The summed E-state index contributed by atoms with van der Waals surface area (Å²) in [4.78, 5) is 16.8. The van der Waals surface area contributed by atoms with Crippen LogP contribution < -0.4 is 5.56 Å². The van der Waals surface area contributed by atoms with Crippen LogP contribution in [0.4, 0.5) is 0 Å². The molecule has 0 spiro atoms. The number of benzene rings is 2. The van der Waals surface area contributed by atoms with Gasteiger partial charge in [0.2, 0.25) is 0 Å². The molecule has 2 aromatic carbocycles. The second kappa shape index (κ2) is 7.09. The Kier molecular flexibility index (Phi) is 5.14. The Balaban J connectivity index is 2.28. The molecule has 3 rings (SSSR count). The average Bonchev–Trinajstić information content (AvgIpc) is 2.56. The van der Waals surface area contributed by atoms with Crippen molar-refractivity contribution in [2.75, 3.05) is 0 Å². The Hall–Kier alpha value is -2.19. The number of hydrogen-bond donors (Lipinski definition) is 1. The maximum absolute atomic E-state index is 12.8. The third-order valence-corrected chi connectivity index (χ3v) is 5.67. The molecule has 0 radical (unpaired) electrons. The van der Waals surface area contributed by atoms with Gasteiger partial charge in [0.15, 0.2) is 0 Å². The largest absolute Gasteiger partial charge is 0.295 e. The fourth-order valence-corrected chi connectivity index (χ4v) is 3.82. The van der Waals surface area contributed by atoms with Crippen LogP contribution in [0.1, 0.15) is 11.4 Å². The van der Waals surface area contributed by atoms with E-state index >= 15 is 0 Å². The van der Waals surface area contributed by atoms with E-state index < -0.39 is 15.7 Å². The molecule has 0 saturated heterocycles. The zero-order valence-electron chi connectivity index (χ0n) is 14.3. The van der Waals surface area contributed by atoms with Crippen LogP contribution >= 0.6 is 23.2 Å². The molecule has 6 nitrogen and oxygen atoms in total. The van der Waals surface area contributed by atoms with Gasteiger partial charge in [0, 0.05) is 11.6 Å². The second-order valence-corrected chi connectivity index (χ2v) is 8.08. The summed E-state index contributed by atoms with van der Waals surface area (Å²) in [6, 6.07) is 10.4. The Morgan fingerprint density at radius 3 is 2.41 bits per heavy atom. The molecule has 0 amide bonds. The minimum atomic E-state index is -4.49. The highest BCUT2D eigenvalue weighted by Crippen LogP contribution is 2.30. The summed E-state index contributed by atoms with van der Waals surface area (Å²) in [6.07, 6.45) is 0. The van der Waals surface area contributed by atoms with E-state index in [0.29, 0.717) is 5.69 Å². The van der Waals surface area contributed by atoms with Gasteiger partial charge < -0.3 is 0 Å². The van der Waals surface area contributed by atoms with Crippen molar-refractivity contribution in [3.05, 3.63) is 74.3 Å². The standard InChI is InChI=1S/C18H14Cl2N2O4S/c1-10-6-7-16(27(24,25)26)12(8-10)14-9-17(23)22(11(2)21-14)15-5-3-4-13(19)18(15)20/h3-9H,1-2H3,(H,24,25,26). The maximum atomic E-state index is 12.8. The summed E-state index contributed by atoms with van der Waals surface area (Å²) < 4.78 is 34.1. The minimum absolute atomic E-state index is 0.128. The predicted octanol–water partition coefficient (Wildman–Crippen LogP) is 4.07. The fourth-order valence-electron chi connectivity index (χ4n) is 2.76. The van der Waals surface area contributed by atoms with Crippen LogP contribution in [0.15, 0.2) is 52.2 Å². The lowest BCUT2D eigenvalue weighted by Crippen LogP contribution is -2.22.